The van der Waals surface area contributed by atoms with Gasteiger partial charge in [0.15, 0.2) is 0 Å². The van der Waals surface area contributed by atoms with Crippen molar-refractivity contribution >= 4 is 43.5 Å². The maximum atomic E-state index is 13.2. The molecule has 2 rings (SSSR count). The molecule has 0 aliphatic carbocycles. The van der Waals surface area contributed by atoms with Crippen molar-refractivity contribution in [3.8, 4) is 0 Å². The largest absolute Gasteiger partial charge is 0.306 e. The number of halogens is 4. The lowest BCUT2D eigenvalue weighted by atomic mass is 9.98. The number of rotatable bonds is 4. The van der Waals surface area contributed by atoms with E-state index in [4.69, 9.17) is 11.6 Å². The average molecular weight is 422 g/mol. The standard InChI is InChI=1S/C15H13Br2ClFN/c1-2-20-15(11-5-4-10(19)8-14(11)18)12-7-9(16)3-6-13(12)17/h3-8,15,20H,2H2,1H3. The van der Waals surface area contributed by atoms with Crippen molar-refractivity contribution in [1.29, 1.82) is 0 Å². The second kappa shape index (κ2) is 7.03. The highest BCUT2D eigenvalue weighted by Gasteiger charge is 2.19. The molecule has 106 valence electrons. The molecular formula is C15H13Br2ClFN. The SMILES string of the molecule is CCNC(c1ccc(F)cc1Cl)c1cc(Br)ccc1Br. The van der Waals surface area contributed by atoms with E-state index in [2.05, 4.69) is 37.2 Å². The molecule has 0 amide bonds. The number of nitrogens with one attached hydrogen (secondary N) is 1. The summed E-state index contributed by atoms with van der Waals surface area (Å²) in [6.45, 7) is 2.80. The van der Waals surface area contributed by atoms with E-state index in [1.54, 1.807) is 6.07 Å². The molecule has 0 saturated carbocycles. The van der Waals surface area contributed by atoms with Crippen LogP contribution < -0.4 is 5.32 Å². The van der Waals surface area contributed by atoms with Gasteiger partial charge in [-0.05, 0) is 48.0 Å². The van der Waals surface area contributed by atoms with Gasteiger partial charge in [-0.3, -0.25) is 0 Å². The van der Waals surface area contributed by atoms with E-state index in [0.717, 1.165) is 26.6 Å². The van der Waals surface area contributed by atoms with Crippen molar-refractivity contribution in [2.45, 2.75) is 13.0 Å². The van der Waals surface area contributed by atoms with E-state index in [-0.39, 0.29) is 11.9 Å². The molecular weight excluding hydrogens is 408 g/mol. The van der Waals surface area contributed by atoms with E-state index in [0.29, 0.717) is 5.02 Å². The Kier molecular flexibility index (Phi) is 5.61. The predicted octanol–water partition coefficient (Wildman–Crippen LogP) is 5.70. The van der Waals surface area contributed by atoms with Crippen molar-refractivity contribution in [3.63, 3.8) is 0 Å². The topological polar surface area (TPSA) is 12.0 Å². The number of benzene rings is 2. The Labute approximate surface area is 139 Å². The van der Waals surface area contributed by atoms with Gasteiger partial charge >= 0.3 is 0 Å². The molecule has 1 atom stereocenters. The van der Waals surface area contributed by atoms with E-state index < -0.39 is 0 Å². The van der Waals surface area contributed by atoms with Crippen molar-refractivity contribution < 1.29 is 4.39 Å². The van der Waals surface area contributed by atoms with E-state index in [1.165, 1.54) is 12.1 Å². The maximum Gasteiger partial charge on any atom is 0.124 e. The summed E-state index contributed by atoms with van der Waals surface area (Å²) >= 11 is 13.2. The fraction of sp³-hybridized carbons (Fsp3) is 0.200. The van der Waals surface area contributed by atoms with Gasteiger partial charge in [0.2, 0.25) is 0 Å². The third-order valence-electron chi connectivity index (χ3n) is 2.95. The Morgan fingerprint density at radius 1 is 1.15 bits per heavy atom. The molecule has 0 spiro atoms. The normalized spacial score (nSPS) is 12.4. The molecule has 0 saturated heterocycles. The molecule has 2 aromatic carbocycles. The van der Waals surface area contributed by atoms with Crippen molar-refractivity contribution in [3.05, 3.63) is 67.3 Å². The summed E-state index contributed by atoms with van der Waals surface area (Å²) < 4.78 is 15.2. The van der Waals surface area contributed by atoms with Crippen LogP contribution in [0.5, 0.6) is 0 Å². The third-order valence-corrected chi connectivity index (χ3v) is 4.49. The zero-order valence-corrected chi connectivity index (χ0v) is 14.7. The minimum Gasteiger partial charge on any atom is -0.306 e. The zero-order valence-electron chi connectivity index (χ0n) is 10.8. The molecule has 0 aliphatic rings. The lowest BCUT2D eigenvalue weighted by Crippen LogP contribution is -2.22. The fourth-order valence-corrected chi connectivity index (χ4v) is 3.19. The van der Waals surface area contributed by atoms with Gasteiger partial charge in [-0.1, -0.05) is 56.5 Å². The fourth-order valence-electron chi connectivity index (χ4n) is 2.06. The van der Waals surface area contributed by atoms with Gasteiger partial charge in [0, 0.05) is 14.0 Å². The van der Waals surface area contributed by atoms with Crippen LogP contribution in [0, 0.1) is 5.82 Å². The van der Waals surface area contributed by atoms with Gasteiger partial charge < -0.3 is 5.32 Å². The molecule has 0 heterocycles. The van der Waals surface area contributed by atoms with Crippen LogP contribution >= 0.6 is 43.5 Å². The van der Waals surface area contributed by atoms with Crippen molar-refractivity contribution in [2.75, 3.05) is 6.54 Å². The summed E-state index contributed by atoms with van der Waals surface area (Å²) in [6, 6.07) is 10.4. The minimum absolute atomic E-state index is 0.0972. The summed E-state index contributed by atoms with van der Waals surface area (Å²) in [6.07, 6.45) is 0. The van der Waals surface area contributed by atoms with Gasteiger partial charge in [0.1, 0.15) is 5.82 Å². The van der Waals surface area contributed by atoms with Gasteiger partial charge in [-0.25, -0.2) is 4.39 Å². The predicted molar refractivity (Wildman–Crippen MR) is 88.8 cm³/mol. The van der Waals surface area contributed by atoms with Crippen LogP contribution in [0.3, 0.4) is 0 Å². The molecule has 0 radical (unpaired) electrons. The molecule has 2 aromatic rings. The van der Waals surface area contributed by atoms with Crippen LogP contribution in [0.4, 0.5) is 4.39 Å². The van der Waals surface area contributed by atoms with Crippen molar-refractivity contribution in [2.24, 2.45) is 0 Å². The molecule has 1 N–H and O–H groups in total. The minimum atomic E-state index is -0.331. The van der Waals surface area contributed by atoms with Crippen LogP contribution in [0.25, 0.3) is 0 Å². The molecule has 0 aromatic heterocycles. The number of hydrogen-bond donors (Lipinski definition) is 1. The van der Waals surface area contributed by atoms with Gasteiger partial charge in [-0.15, -0.1) is 0 Å². The molecule has 1 nitrogen and oxygen atoms in total. The Morgan fingerprint density at radius 2 is 1.90 bits per heavy atom. The molecule has 5 heteroatoms. The molecule has 1 unspecified atom stereocenters. The first kappa shape index (κ1) is 16.0. The van der Waals surface area contributed by atoms with E-state index >= 15 is 0 Å². The highest BCUT2D eigenvalue weighted by Crippen LogP contribution is 2.34. The second-order valence-corrected chi connectivity index (χ2v) is 6.50. The van der Waals surface area contributed by atoms with Crippen LogP contribution in [0.15, 0.2) is 45.3 Å². The molecule has 0 fully saturated rings. The summed E-state index contributed by atoms with van der Waals surface area (Å²) in [5.74, 6) is -0.331. The Morgan fingerprint density at radius 3 is 2.55 bits per heavy atom. The highest BCUT2D eigenvalue weighted by molar-refractivity contribution is 9.11. The summed E-state index contributed by atoms with van der Waals surface area (Å²) in [7, 11) is 0. The first-order valence-electron chi connectivity index (χ1n) is 6.16. The number of hydrogen-bond acceptors (Lipinski definition) is 1. The van der Waals surface area contributed by atoms with Crippen LogP contribution in [0.2, 0.25) is 5.02 Å². The second-order valence-electron chi connectivity index (χ2n) is 4.32. The Hall–Kier alpha value is -0.420. The maximum absolute atomic E-state index is 13.2. The lowest BCUT2D eigenvalue weighted by Gasteiger charge is -2.21. The van der Waals surface area contributed by atoms with Crippen LogP contribution in [-0.2, 0) is 0 Å². The molecule has 0 aliphatic heterocycles. The molecule has 0 bridgehead atoms. The highest BCUT2D eigenvalue weighted by atomic mass is 79.9. The third kappa shape index (κ3) is 3.61. The smallest absolute Gasteiger partial charge is 0.124 e. The van der Waals surface area contributed by atoms with E-state index in [9.17, 15) is 4.39 Å². The summed E-state index contributed by atoms with van der Waals surface area (Å²) in [5, 5.41) is 3.81. The van der Waals surface area contributed by atoms with Gasteiger partial charge in [-0.2, -0.15) is 0 Å². The lowest BCUT2D eigenvalue weighted by molar-refractivity contribution is 0.612. The average Bonchev–Trinajstić information content (AvgIpc) is 2.40. The Bertz CT molecular complexity index is 619. The summed E-state index contributed by atoms with van der Waals surface area (Å²) in [5.41, 5.74) is 1.91. The summed E-state index contributed by atoms with van der Waals surface area (Å²) in [4.78, 5) is 0. The first-order chi connectivity index (χ1) is 9.52. The quantitative estimate of drug-likeness (QED) is 0.667. The van der Waals surface area contributed by atoms with E-state index in [1.807, 2.05) is 25.1 Å². The van der Waals surface area contributed by atoms with Crippen molar-refractivity contribution in [1.82, 2.24) is 5.32 Å². The first-order valence-corrected chi connectivity index (χ1v) is 8.12. The van der Waals surface area contributed by atoms with Gasteiger partial charge in [0.25, 0.3) is 0 Å². The van der Waals surface area contributed by atoms with Crippen LogP contribution in [0.1, 0.15) is 24.1 Å². The zero-order chi connectivity index (χ0) is 14.7. The molecule has 20 heavy (non-hydrogen) atoms. The van der Waals surface area contributed by atoms with Crippen LogP contribution in [-0.4, -0.2) is 6.54 Å². The van der Waals surface area contributed by atoms with Gasteiger partial charge in [0.05, 0.1) is 6.04 Å². The Balaban J connectivity index is 2.53. The monoisotopic (exact) mass is 419 g/mol.